The number of hydrogen-bond donors (Lipinski definition) is 1. The molecule has 4 heteroatoms. The Morgan fingerprint density at radius 1 is 1.10 bits per heavy atom. The summed E-state index contributed by atoms with van der Waals surface area (Å²) in [5.74, 6) is 2.62. The molecular formula is C16H21NO3. The first-order chi connectivity index (χ1) is 9.81. The van der Waals surface area contributed by atoms with E-state index in [1.807, 2.05) is 6.07 Å². The molecule has 4 nitrogen and oxygen atoms in total. The van der Waals surface area contributed by atoms with Crippen LogP contribution in [0.25, 0.3) is 0 Å². The smallest absolute Gasteiger partial charge is 0.231 e. The molecule has 2 unspecified atom stereocenters. The molecule has 3 aliphatic rings. The molecule has 4 rings (SSSR count). The largest absolute Gasteiger partial charge is 0.507 e. The van der Waals surface area contributed by atoms with E-state index in [0.717, 1.165) is 30.3 Å². The van der Waals surface area contributed by atoms with Crippen molar-refractivity contribution < 1.29 is 14.6 Å². The summed E-state index contributed by atoms with van der Waals surface area (Å²) in [6, 6.07) is 4.34. The number of ether oxygens (including phenoxy) is 2. The quantitative estimate of drug-likeness (QED) is 0.901. The summed E-state index contributed by atoms with van der Waals surface area (Å²) < 4.78 is 10.7. The Hall–Kier alpha value is -1.42. The van der Waals surface area contributed by atoms with Crippen LogP contribution in [-0.2, 0) is 6.54 Å². The van der Waals surface area contributed by atoms with E-state index in [1.54, 1.807) is 6.07 Å². The maximum Gasteiger partial charge on any atom is 0.231 e. The highest BCUT2D eigenvalue weighted by atomic mass is 16.7. The topological polar surface area (TPSA) is 41.9 Å². The summed E-state index contributed by atoms with van der Waals surface area (Å²) in [7, 11) is 0. The second-order valence-corrected chi connectivity index (χ2v) is 6.21. The molecule has 1 saturated heterocycles. The van der Waals surface area contributed by atoms with Gasteiger partial charge in [-0.15, -0.1) is 0 Å². The van der Waals surface area contributed by atoms with E-state index < -0.39 is 0 Å². The van der Waals surface area contributed by atoms with Crippen molar-refractivity contribution in [2.45, 2.75) is 44.7 Å². The van der Waals surface area contributed by atoms with Gasteiger partial charge in [-0.1, -0.05) is 12.8 Å². The number of rotatable bonds is 2. The first-order valence-electron chi connectivity index (χ1n) is 7.67. The lowest BCUT2D eigenvalue weighted by atomic mass is 9.85. The van der Waals surface area contributed by atoms with Crippen LogP contribution in [0.1, 0.15) is 37.7 Å². The molecule has 0 bridgehead atoms. The predicted molar refractivity (Wildman–Crippen MR) is 75.0 cm³/mol. The summed E-state index contributed by atoms with van der Waals surface area (Å²) in [6.45, 7) is 2.24. The number of phenolic OH excluding ortho intramolecular Hbond substituents is 1. The first-order valence-corrected chi connectivity index (χ1v) is 7.67. The summed E-state index contributed by atoms with van der Waals surface area (Å²) in [5, 5.41) is 10.2. The van der Waals surface area contributed by atoms with Crippen LogP contribution in [-0.4, -0.2) is 29.4 Å². The summed E-state index contributed by atoms with van der Waals surface area (Å²) in [6.07, 6.45) is 6.76. The van der Waals surface area contributed by atoms with Crippen molar-refractivity contribution >= 4 is 0 Å². The Balaban J connectivity index is 1.54. The van der Waals surface area contributed by atoms with E-state index in [9.17, 15) is 5.11 Å². The van der Waals surface area contributed by atoms with Gasteiger partial charge in [0.25, 0.3) is 0 Å². The Labute approximate surface area is 119 Å². The van der Waals surface area contributed by atoms with Crippen LogP contribution < -0.4 is 9.47 Å². The van der Waals surface area contributed by atoms with E-state index in [1.165, 1.54) is 32.1 Å². The van der Waals surface area contributed by atoms with Crippen LogP contribution in [0.15, 0.2) is 12.1 Å². The maximum atomic E-state index is 10.2. The highest BCUT2D eigenvalue weighted by Crippen LogP contribution is 2.41. The van der Waals surface area contributed by atoms with Crippen LogP contribution >= 0.6 is 0 Å². The third kappa shape index (κ3) is 2.03. The molecule has 0 spiro atoms. The molecule has 0 amide bonds. The van der Waals surface area contributed by atoms with Gasteiger partial charge in [0.2, 0.25) is 6.79 Å². The van der Waals surface area contributed by atoms with Crippen molar-refractivity contribution in [2.24, 2.45) is 5.92 Å². The molecule has 0 aromatic heterocycles. The van der Waals surface area contributed by atoms with Gasteiger partial charge in [0.15, 0.2) is 11.5 Å². The van der Waals surface area contributed by atoms with E-state index in [2.05, 4.69) is 4.90 Å². The SMILES string of the molecule is Oc1cc2c(cc1CN1CCC3CCCCC31)OCO2. The molecule has 1 saturated carbocycles. The molecule has 20 heavy (non-hydrogen) atoms. The van der Waals surface area contributed by atoms with Crippen molar-refractivity contribution in [1.29, 1.82) is 0 Å². The first kappa shape index (κ1) is 12.3. The van der Waals surface area contributed by atoms with Gasteiger partial charge in [0, 0.05) is 24.2 Å². The van der Waals surface area contributed by atoms with Crippen molar-refractivity contribution in [2.75, 3.05) is 13.3 Å². The fraction of sp³-hybridized carbons (Fsp3) is 0.625. The third-order valence-electron chi connectivity index (χ3n) is 5.07. The number of fused-ring (bicyclic) bond motifs is 2. The fourth-order valence-electron chi connectivity index (χ4n) is 4.02. The van der Waals surface area contributed by atoms with Gasteiger partial charge in [-0.05, 0) is 37.8 Å². The van der Waals surface area contributed by atoms with Gasteiger partial charge in [-0.3, -0.25) is 4.90 Å². The summed E-state index contributed by atoms with van der Waals surface area (Å²) >= 11 is 0. The van der Waals surface area contributed by atoms with Crippen LogP contribution in [0.4, 0.5) is 0 Å². The van der Waals surface area contributed by atoms with E-state index in [-0.39, 0.29) is 6.79 Å². The standard InChI is InChI=1S/C16H21NO3/c18-14-8-16-15(19-10-20-16)7-12(14)9-17-6-5-11-3-1-2-4-13(11)17/h7-8,11,13,18H,1-6,9-10H2. The monoisotopic (exact) mass is 275 g/mol. The molecule has 2 aliphatic heterocycles. The van der Waals surface area contributed by atoms with Crippen LogP contribution in [0.3, 0.4) is 0 Å². The Bertz CT molecular complexity index is 517. The minimum absolute atomic E-state index is 0.257. The average Bonchev–Trinajstić information content (AvgIpc) is 3.06. The molecule has 1 aromatic rings. The number of aromatic hydroxyl groups is 1. The maximum absolute atomic E-state index is 10.2. The Morgan fingerprint density at radius 3 is 2.80 bits per heavy atom. The van der Waals surface area contributed by atoms with Gasteiger partial charge >= 0.3 is 0 Å². The fourth-order valence-corrected chi connectivity index (χ4v) is 4.02. The number of nitrogens with zero attached hydrogens (tertiary/aromatic N) is 1. The normalized spacial score (nSPS) is 28.6. The number of hydrogen-bond acceptors (Lipinski definition) is 4. The zero-order valence-corrected chi connectivity index (χ0v) is 11.7. The molecule has 2 atom stereocenters. The van der Waals surface area contributed by atoms with Crippen LogP contribution in [0.5, 0.6) is 17.2 Å². The van der Waals surface area contributed by atoms with Gasteiger partial charge < -0.3 is 14.6 Å². The predicted octanol–water partition coefficient (Wildman–Crippen LogP) is 2.89. The van der Waals surface area contributed by atoms with E-state index >= 15 is 0 Å². The minimum Gasteiger partial charge on any atom is -0.507 e. The molecule has 108 valence electrons. The zero-order valence-electron chi connectivity index (χ0n) is 11.7. The van der Waals surface area contributed by atoms with Crippen LogP contribution in [0.2, 0.25) is 0 Å². The molecule has 0 radical (unpaired) electrons. The van der Waals surface area contributed by atoms with Gasteiger partial charge in [0.1, 0.15) is 5.75 Å². The van der Waals surface area contributed by atoms with Gasteiger partial charge in [-0.25, -0.2) is 0 Å². The van der Waals surface area contributed by atoms with Crippen molar-refractivity contribution in [3.63, 3.8) is 0 Å². The number of benzene rings is 1. The third-order valence-corrected chi connectivity index (χ3v) is 5.07. The van der Waals surface area contributed by atoms with Crippen LogP contribution in [0, 0.1) is 5.92 Å². The molecule has 1 aliphatic carbocycles. The van der Waals surface area contributed by atoms with Gasteiger partial charge in [0.05, 0.1) is 0 Å². The number of phenols is 1. The lowest BCUT2D eigenvalue weighted by Gasteiger charge is -2.31. The second kappa shape index (κ2) is 4.85. The molecule has 1 aromatic carbocycles. The van der Waals surface area contributed by atoms with Gasteiger partial charge in [-0.2, -0.15) is 0 Å². The molecule has 1 N–H and O–H groups in total. The Morgan fingerprint density at radius 2 is 1.90 bits per heavy atom. The lowest BCUT2D eigenvalue weighted by Crippen LogP contribution is -2.34. The summed E-state index contributed by atoms with van der Waals surface area (Å²) in [5.41, 5.74) is 0.959. The molecule has 2 fully saturated rings. The van der Waals surface area contributed by atoms with Crippen molar-refractivity contribution in [3.05, 3.63) is 17.7 Å². The van der Waals surface area contributed by atoms with E-state index in [4.69, 9.17) is 9.47 Å². The summed E-state index contributed by atoms with van der Waals surface area (Å²) in [4.78, 5) is 2.54. The van der Waals surface area contributed by atoms with E-state index in [0.29, 0.717) is 17.5 Å². The lowest BCUT2D eigenvalue weighted by molar-refractivity contribution is 0.172. The zero-order chi connectivity index (χ0) is 13.5. The highest BCUT2D eigenvalue weighted by molar-refractivity contribution is 5.51. The number of likely N-dealkylation sites (tertiary alicyclic amines) is 1. The second-order valence-electron chi connectivity index (χ2n) is 6.21. The van der Waals surface area contributed by atoms with Crippen molar-refractivity contribution in [1.82, 2.24) is 4.90 Å². The highest BCUT2D eigenvalue weighted by Gasteiger charge is 2.35. The average molecular weight is 275 g/mol. The minimum atomic E-state index is 0.257. The molecular weight excluding hydrogens is 254 g/mol. The Kier molecular flexibility index (Phi) is 2.99. The van der Waals surface area contributed by atoms with Crippen molar-refractivity contribution in [3.8, 4) is 17.2 Å². The molecule has 2 heterocycles.